The molecule has 4 nitrogen and oxygen atoms in total. The second-order valence-electron chi connectivity index (χ2n) is 5.74. The van der Waals surface area contributed by atoms with Gasteiger partial charge < -0.3 is 0 Å². The number of amides is 1. The Morgan fingerprint density at radius 2 is 1.73 bits per heavy atom. The van der Waals surface area contributed by atoms with Crippen LogP contribution in [0.25, 0.3) is 12.2 Å². The number of hydrogen-bond donors (Lipinski definition) is 1. The molecule has 0 unspecified atom stereocenters. The van der Waals surface area contributed by atoms with Crippen molar-refractivity contribution in [3.8, 4) is 0 Å². The molecule has 134 valence electrons. The maximum absolute atomic E-state index is 12.6. The molecule has 1 aliphatic rings. The molecule has 0 aromatic heterocycles. The van der Waals surface area contributed by atoms with Crippen molar-refractivity contribution in [3.63, 3.8) is 0 Å². The first-order chi connectivity index (χ1) is 12.4. The zero-order chi connectivity index (χ0) is 18.6. The van der Waals surface area contributed by atoms with E-state index in [1.54, 1.807) is 18.2 Å². The molecule has 0 atom stereocenters. The fourth-order valence-electron chi connectivity index (χ4n) is 2.47. The molecule has 0 aliphatic carbocycles. The van der Waals surface area contributed by atoms with E-state index in [0.717, 1.165) is 11.1 Å². The molecule has 0 saturated carbocycles. The third kappa shape index (κ3) is 4.72. The predicted octanol–water partition coefficient (Wildman–Crippen LogP) is 3.51. The number of nitrogens with zero attached hydrogens (tertiary/aromatic N) is 2. The lowest BCUT2D eigenvalue weighted by Gasteiger charge is -2.29. The van der Waals surface area contributed by atoms with Gasteiger partial charge in [-0.2, -0.15) is 13.2 Å². The maximum Gasteiger partial charge on any atom is 0.408 e. The Morgan fingerprint density at radius 3 is 2.46 bits per heavy atom. The maximum atomic E-state index is 12.6. The van der Waals surface area contributed by atoms with Crippen LogP contribution in [-0.2, 0) is 4.79 Å². The summed E-state index contributed by atoms with van der Waals surface area (Å²) in [6, 6.07) is 16.9. The first-order valence-electron chi connectivity index (χ1n) is 7.92. The lowest BCUT2D eigenvalue weighted by atomic mass is 10.1. The normalized spacial score (nSPS) is 15.1. The fraction of sp³-hybridized carbons (Fsp3) is 0.158. The van der Waals surface area contributed by atoms with Gasteiger partial charge in [0.25, 0.3) is 5.91 Å². The van der Waals surface area contributed by atoms with Crippen LogP contribution in [0, 0.1) is 0 Å². The topological polar surface area (TPSA) is 44.7 Å². The second-order valence-corrected chi connectivity index (χ2v) is 5.74. The van der Waals surface area contributed by atoms with E-state index < -0.39 is 18.6 Å². The molecule has 0 saturated heterocycles. The number of benzene rings is 2. The minimum atomic E-state index is -4.48. The van der Waals surface area contributed by atoms with Gasteiger partial charge in [0, 0.05) is 5.56 Å². The van der Waals surface area contributed by atoms with Gasteiger partial charge in [-0.25, -0.2) is 5.01 Å². The Bertz CT molecular complexity index is 845. The van der Waals surface area contributed by atoms with Crippen molar-refractivity contribution < 1.29 is 18.0 Å². The average molecular weight is 359 g/mol. The molecule has 0 radical (unpaired) electrons. The first kappa shape index (κ1) is 17.7. The molecule has 0 spiro atoms. The number of nitrogens with one attached hydrogen (secondary N) is 1. The van der Waals surface area contributed by atoms with Gasteiger partial charge in [0.1, 0.15) is 18.9 Å². The quantitative estimate of drug-likeness (QED) is 0.849. The Balaban J connectivity index is 1.77. The highest BCUT2D eigenvalue weighted by Crippen LogP contribution is 2.17. The van der Waals surface area contributed by atoms with Gasteiger partial charge in [-0.1, -0.05) is 60.7 Å². The molecule has 2 aromatic rings. The van der Waals surface area contributed by atoms with Crippen LogP contribution in [0.4, 0.5) is 13.2 Å². The summed E-state index contributed by atoms with van der Waals surface area (Å²) in [6.07, 6.45) is -0.638. The highest BCUT2D eigenvalue weighted by Gasteiger charge is 2.35. The van der Waals surface area contributed by atoms with Crippen molar-refractivity contribution in [1.29, 1.82) is 0 Å². The highest BCUT2D eigenvalue weighted by atomic mass is 19.4. The third-order valence-corrected chi connectivity index (χ3v) is 3.68. The monoisotopic (exact) mass is 359 g/mol. The summed E-state index contributed by atoms with van der Waals surface area (Å²) < 4.78 is 37.8. The molecular formula is C19H16F3N3O. The van der Waals surface area contributed by atoms with Crippen LogP contribution in [0.2, 0.25) is 0 Å². The van der Waals surface area contributed by atoms with Crippen molar-refractivity contribution in [2.75, 3.05) is 13.1 Å². The van der Waals surface area contributed by atoms with Crippen molar-refractivity contribution in [3.05, 3.63) is 71.3 Å². The van der Waals surface area contributed by atoms with Gasteiger partial charge in [0.05, 0.1) is 0 Å². The molecule has 1 amide bonds. The molecule has 7 heteroatoms. The number of carbonyl (C=O) groups is 1. The fourth-order valence-corrected chi connectivity index (χ4v) is 2.47. The van der Waals surface area contributed by atoms with Crippen molar-refractivity contribution >= 4 is 23.9 Å². The minimum Gasteiger partial charge on any atom is -0.279 e. The van der Waals surface area contributed by atoms with E-state index >= 15 is 0 Å². The van der Waals surface area contributed by atoms with Crippen LogP contribution in [0.3, 0.4) is 0 Å². The predicted molar refractivity (Wildman–Crippen MR) is 94.1 cm³/mol. The first-order valence-corrected chi connectivity index (χ1v) is 7.92. The van der Waals surface area contributed by atoms with Crippen LogP contribution < -0.4 is 5.43 Å². The number of hydrogen-bond acceptors (Lipinski definition) is 3. The van der Waals surface area contributed by atoms with Crippen molar-refractivity contribution in [2.45, 2.75) is 6.18 Å². The lowest BCUT2D eigenvalue weighted by molar-refractivity contribution is -0.164. The van der Waals surface area contributed by atoms with E-state index in [4.69, 9.17) is 0 Å². The molecule has 26 heavy (non-hydrogen) atoms. The average Bonchev–Trinajstić information content (AvgIpc) is 2.62. The smallest absolute Gasteiger partial charge is 0.279 e. The molecule has 1 aliphatic heterocycles. The SMILES string of the molecule is O=C1CN=C(c2cccc(C=Cc3ccccc3)c2)NN1CC(F)(F)F. The van der Waals surface area contributed by atoms with E-state index in [0.29, 0.717) is 10.6 Å². The number of halogens is 3. The Kier molecular flexibility index (Phi) is 5.06. The molecule has 3 rings (SSSR count). The van der Waals surface area contributed by atoms with E-state index in [1.165, 1.54) is 0 Å². The van der Waals surface area contributed by atoms with Crippen LogP contribution in [-0.4, -0.2) is 36.0 Å². The largest absolute Gasteiger partial charge is 0.408 e. The molecule has 0 bridgehead atoms. The minimum absolute atomic E-state index is 0.240. The van der Waals surface area contributed by atoms with Gasteiger partial charge in [-0.05, 0) is 17.2 Å². The Morgan fingerprint density at radius 1 is 1.04 bits per heavy atom. The summed E-state index contributed by atoms with van der Waals surface area (Å²) in [5, 5.41) is 0.550. The summed E-state index contributed by atoms with van der Waals surface area (Å²) in [5.41, 5.74) is 4.98. The van der Waals surface area contributed by atoms with E-state index in [1.807, 2.05) is 48.6 Å². The Labute approximate surface area is 148 Å². The van der Waals surface area contributed by atoms with Crippen LogP contribution in [0.5, 0.6) is 0 Å². The molecule has 1 N–H and O–H groups in total. The van der Waals surface area contributed by atoms with Crippen molar-refractivity contribution in [2.24, 2.45) is 4.99 Å². The number of rotatable bonds is 4. The van der Waals surface area contributed by atoms with Gasteiger partial charge in [0.15, 0.2) is 0 Å². The van der Waals surface area contributed by atoms with E-state index in [9.17, 15) is 18.0 Å². The van der Waals surface area contributed by atoms with Gasteiger partial charge in [0.2, 0.25) is 0 Å². The zero-order valence-corrected chi connectivity index (χ0v) is 13.7. The number of amidine groups is 1. The third-order valence-electron chi connectivity index (χ3n) is 3.68. The summed E-state index contributed by atoms with van der Waals surface area (Å²) in [6.45, 7) is -1.68. The van der Waals surface area contributed by atoms with Gasteiger partial charge in [-0.15, -0.1) is 0 Å². The van der Waals surface area contributed by atoms with Crippen LogP contribution in [0.1, 0.15) is 16.7 Å². The highest BCUT2D eigenvalue weighted by molar-refractivity contribution is 6.03. The number of alkyl halides is 3. The number of hydrazine groups is 1. The van der Waals surface area contributed by atoms with Crippen LogP contribution >= 0.6 is 0 Å². The molecule has 1 heterocycles. The van der Waals surface area contributed by atoms with Gasteiger partial charge >= 0.3 is 6.18 Å². The summed E-state index contributed by atoms with van der Waals surface area (Å²) in [5.74, 6) is -0.477. The molecule has 0 fully saturated rings. The number of carbonyl (C=O) groups excluding carboxylic acids is 1. The van der Waals surface area contributed by atoms with Gasteiger partial charge in [-0.3, -0.25) is 15.2 Å². The summed E-state index contributed by atoms with van der Waals surface area (Å²) in [4.78, 5) is 15.7. The number of aliphatic imine (C=N–C) groups is 1. The van der Waals surface area contributed by atoms with Crippen LogP contribution in [0.15, 0.2) is 59.6 Å². The van der Waals surface area contributed by atoms with E-state index in [2.05, 4.69) is 10.4 Å². The molecular weight excluding hydrogens is 343 g/mol. The lowest BCUT2D eigenvalue weighted by Crippen LogP contribution is -2.54. The second kappa shape index (κ2) is 7.43. The molecule has 2 aromatic carbocycles. The zero-order valence-electron chi connectivity index (χ0n) is 13.7. The van der Waals surface area contributed by atoms with Crippen molar-refractivity contribution in [1.82, 2.24) is 10.4 Å². The standard InChI is InChI=1S/C19H16F3N3O/c20-19(21,22)13-25-17(26)12-23-18(24-25)16-8-4-7-15(11-16)10-9-14-5-2-1-3-6-14/h1-11H,12-13H2,(H,23,24). The summed E-state index contributed by atoms with van der Waals surface area (Å²) >= 11 is 0. The Hall–Kier alpha value is -3.09. The van der Waals surface area contributed by atoms with E-state index in [-0.39, 0.29) is 12.4 Å². The summed E-state index contributed by atoms with van der Waals surface area (Å²) in [7, 11) is 0.